The first-order valence-corrected chi connectivity index (χ1v) is 8.04. The third-order valence-corrected chi connectivity index (χ3v) is 4.15. The van der Waals surface area contributed by atoms with E-state index in [0.717, 1.165) is 0 Å². The highest BCUT2D eigenvalue weighted by Gasteiger charge is 2.30. The Labute approximate surface area is 154 Å². The van der Waals surface area contributed by atoms with Gasteiger partial charge < -0.3 is 15.2 Å². The minimum atomic E-state index is -1.05. The first kappa shape index (κ1) is 19.2. The predicted molar refractivity (Wildman–Crippen MR) is 93.6 cm³/mol. The molecule has 0 saturated carbocycles. The fourth-order valence-electron chi connectivity index (χ4n) is 2.34. The average molecular weight is 386 g/mol. The zero-order chi connectivity index (χ0) is 18.6. The normalized spacial score (nSPS) is 13.3. The van der Waals surface area contributed by atoms with Crippen LogP contribution in [-0.2, 0) is 9.53 Å². The molecule has 1 unspecified atom stereocenters. The number of nitrogens with one attached hydrogen (secondary N) is 1. The lowest BCUT2D eigenvalue weighted by molar-refractivity contribution is -0.139. The highest BCUT2D eigenvalue weighted by molar-refractivity contribution is 6.42. The third kappa shape index (κ3) is 4.94. The van der Waals surface area contributed by atoms with Crippen molar-refractivity contribution in [2.75, 3.05) is 13.7 Å². The molecule has 0 spiro atoms. The van der Waals surface area contributed by atoms with Gasteiger partial charge in [0.25, 0.3) is 5.91 Å². The molecule has 1 amide bonds. The third-order valence-electron chi connectivity index (χ3n) is 3.41. The van der Waals surface area contributed by atoms with Gasteiger partial charge in [-0.3, -0.25) is 9.59 Å². The molecule has 1 aromatic heterocycles. The van der Waals surface area contributed by atoms with Crippen LogP contribution in [0, 0.1) is 0 Å². The molecule has 2 N–H and O–H groups in total. The first-order chi connectivity index (χ1) is 11.7. The molecule has 0 fully saturated rings. The Hall–Kier alpha value is -2.09. The van der Waals surface area contributed by atoms with Crippen LogP contribution in [0.3, 0.4) is 0 Å². The lowest BCUT2D eigenvalue weighted by Crippen LogP contribution is -2.50. The predicted octanol–water partition coefficient (Wildman–Crippen LogP) is 2.79. The van der Waals surface area contributed by atoms with Crippen molar-refractivity contribution in [2.45, 2.75) is 18.9 Å². The van der Waals surface area contributed by atoms with Crippen LogP contribution in [0.4, 0.5) is 0 Å². The summed E-state index contributed by atoms with van der Waals surface area (Å²) in [5.74, 6) is -1.54. The van der Waals surface area contributed by atoms with E-state index in [2.05, 4.69) is 10.4 Å². The number of carboxylic acids is 1. The molecule has 0 aliphatic heterocycles. The summed E-state index contributed by atoms with van der Waals surface area (Å²) in [5.41, 5.74) is -0.275. The highest BCUT2D eigenvalue weighted by Crippen LogP contribution is 2.24. The molecule has 1 aromatic carbocycles. The minimum absolute atomic E-state index is 0.0541. The monoisotopic (exact) mass is 385 g/mol. The molecule has 2 rings (SSSR count). The van der Waals surface area contributed by atoms with Crippen molar-refractivity contribution in [2.24, 2.45) is 0 Å². The number of nitrogens with zero attached hydrogens (tertiary/aromatic N) is 2. The maximum atomic E-state index is 12.4. The number of ether oxygens (including phenoxy) is 1. The van der Waals surface area contributed by atoms with E-state index in [1.54, 1.807) is 31.3 Å². The Morgan fingerprint density at radius 3 is 2.64 bits per heavy atom. The summed E-state index contributed by atoms with van der Waals surface area (Å²) in [7, 11) is 1.44. The molecule has 2 aromatic rings. The van der Waals surface area contributed by atoms with Gasteiger partial charge in [-0.2, -0.15) is 5.10 Å². The highest BCUT2D eigenvalue weighted by atomic mass is 35.5. The number of hydrogen-bond donors (Lipinski definition) is 2. The van der Waals surface area contributed by atoms with Crippen LogP contribution < -0.4 is 5.32 Å². The van der Waals surface area contributed by atoms with Crippen molar-refractivity contribution in [3.05, 3.63) is 46.2 Å². The van der Waals surface area contributed by atoms with Gasteiger partial charge in [-0.15, -0.1) is 0 Å². The number of carbonyl (C=O) groups excluding carboxylic acids is 1. The van der Waals surface area contributed by atoms with Gasteiger partial charge in [-0.1, -0.05) is 23.2 Å². The molecule has 0 saturated heterocycles. The second-order valence-corrected chi connectivity index (χ2v) is 6.58. The standard InChI is InChI=1S/C16H17Cl2N3O4/c1-16(9-25-2,8-14(22)23)19-15(24)13-5-6-21(20-13)10-3-4-11(17)12(18)7-10/h3-7H,8-9H2,1-2H3,(H,19,24)(H,22,23). The summed E-state index contributed by atoms with van der Waals surface area (Å²) < 4.78 is 6.49. The summed E-state index contributed by atoms with van der Waals surface area (Å²) in [6.45, 7) is 1.65. The minimum Gasteiger partial charge on any atom is -0.481 e. The second kappa shape index (κ2) is 7.86. The molecule has 1 atom stereocenters. The van der Waals surface area contributed by atoms with Gasteiger partial charge >= 0.3 is 5.97 Å². The van der Waals surface area contributed by atoms with E-state index in [-0.39, 0.29) is 18.7 Å². The molecule has 7 nitrogen and oxygen atoms in total. The van der Waals surface area contributed by atoms with Gasteiger partial charge in [-0.25, -0.2) is 4.68 Å². The number of carboxylic acid groups (broad SMARTS) is 1. The molecule has 9 heteroatoms. The Balaban J connectivity index is 2.18. The van der Waals surface area contributed by atoms with Gasteiger partial charge in [-0.05, 0) is 31.2 Å². The van der Waals surface area contributed by atoms with Crippen molar-refractivity contribution in [1.82, 2.24) is 15.1 Å². The van der Waals surface area contributed by atoms with Crippen LogP contribution in [0.15, 0.2) is 30.5 Å². The number of aromatic nitrogens is 2. The van der Waals surface area contributed by atoms with Crippen LogP contribution in [0.1, 0.15) is 23.8 Å². The van der Waals surface area contributed by atoms with Crippen molar-refractivity contribution >= 4 is 35.1 Å². The number of carbonyl (C=O) groups is 2. The van der Waals surface area contributed by atoms with Gasteiger partial charge in [0.2, 0.25) is 0 Å². The molecular formula is C16H17Cl2N3O4. The van der Waals surface area contributed by atoms with E-state index in [1.807, 2.05) is 0 Å². The maximum absolute atomic E-state index is 12.4. The van der Waals surface area contributed by atoms with Crippen LogP contribution in [0.25, 0.3) is 5.69 Å². The number of aliphatic carboxylic acids is 1. The smallest absolute Gasteiger partial charge is 0.305 e. The van der Waals surface area contributed by atoms with Gasteiger partial charge in [0.15, 0.2) is 5.69 Å². The Morgan fingerprint density at radius 1 is 1.32 bits per heavy atom. The van der Waals surface area contributed by atoms with Crippen molar-refractivity contribution in [3.63, 3.8) is 0 Å². The lowest BCUT2D eigenvalue weighted by atomic mass is 9.99. The average Bonchev–Trinajstić information content (AvgIpc) is 2.99. The number of benzene rings is 1. The van der Waals surface area contributed by atoms with Crippen molar-refractivity contribution < 1.29 is 19.4 Å². The van der Waals surface area contributed by atoms with Gasteiger partial charge in [0.1, 0.15) is 0 Å². The first-order valence-electron chi connectivity index (χ1n) is 7.28. The summed E-state index contributed by atoms with van der Waals surface area (Å²) in [5, 5.41) is 16.6. The summed E-state index contributed by atoms with van der Waals surface area (Å²) >= 11 is 11.9. The number of halogens is 2. The number of amides is 1. The maximum Gasteiger partial charge on any atom is 0.305 e. The van der Waals surface area contributed by atoms with Crippen molar-refractivity contribution in [1.29, 1.82) is 0 Å². The van der Waals surface area contributed by atoms with E-state index in [4.69, 9.17) is 33.0 Å². The molecule has 0 aliphatic carbocycles. The number of rotatable bonds is 7. The molecule has 1 heterocycles. The van der Waals surface area contributed by atoms with Crippen LogP contribution in [-0.4, -0.2) is 46.0 Å². The summed E-state index contributed by atoms with van der Waals surface area (Å²) in [6, 6.07) is 6.48. The van der Waals surface area contributed by atoms with Crippen LogP contribution in [0.2, 0.25) is 10.0 Å². The molecule has 25 heavy (non-hydrogen) atoms. The fraction of sp³-hybridized carbons (Fsp3) is 0.312. The van der Waals surface area contributed by atoms with Crippen LogP contribution >= 0.6 is 23.2 Å². The van der Waals surface area contributed by atoms with E-state index in [1.165, 1.54) is 17.9 Å². The summed E-state index contributed by atoms with van der Waals surface area (Å²) in [4.78, 5) is 23.4. The number of hydrogen-bond acceptors (Lipinski definition) is 4. The SMILES string of the molecule is COCC(C)(CC(=O)O)NC(=O)c1ccn(-c2ccc(Cl)c(Cl)c2)n1. The molecule has 0 radical (unpaired) electrons. The van der Waals surface area contributed by atoms with Crippen LogP contribution in [0.5, 0.6) is 0 Å². The Kier molecular flexibility index (Phi) is 6.05. The Morgan fingerprint density at radius 2 is 2.04 bits per heavy atom. The topological polar surface area (TPSA) is 93.5 Å². The van der Waals surface area contributed by atoms with E-state index < -0.39 is 17.4 Å². The lowest BCUT2D eigenvalue weighted by Gasteiger charge is -2.28. The quantitative estimate of drug-likeness (QED) is 0.763. The second-order valence-electron chi connectivity index (χ2n) is 5.76. The summed E-state index contributed by atoms with van der Waals surface area (Å²) in [6.07, 6.45) is 1.32. The molecule has 134 valence electrons. The number of methoxy groups -OCH3 is 1. The van der Waals surface area contributed by atoms with E-state index in [9.17, 15) is 9.59 Å². The Bertz CT molecular complexity index is 793. The largest absolute Gasteiger partial charge is 0.481 e. The zero-order valence-electron chi connectivity index (χ0n) is 13.6. The van der Waals surface area contributed by atoms with Gasteiger partial charge in [0, 0.05) is 13.3 Å². The molecular weight excluding hydrogens is 369 g/mol. The zero-order valence-corrected chi connectivity index (χ0v) is 15.1. The van der Waals surface area contributed by atoms with E-state index in [0.29, 0.717) is 15.7 Å². The van der Waals surface area contributed by atoms with Crippen molar-refractivity contribution in [3.8, 4) is 5.69 Å². The molecule has 0 bridgehead atoms. The van der Waals surface area contributed by atoms with E-state index >= 15 is 0 Å². The fourth-order valence-corrected chi connectivity index (χ4v) is 2.63. The van der Waals surface area contributed by atoms with Gasteiger partial charge in [0.05, 0.1) is 34.3 Å². The molecule has 0 aliphatic rings.